The highest BCUT2D eigenvalue weighted by molar-refractivity contribution is 7.25. The van der Waals surface area contributed by atoms with Crippen molar-refractivity contribution in [1.82, 2.24) is 0 Å². The lowest BCUT2D eigenvalue weighted by molar-refractivity contribution is 1.60. The lowest BCUT2D eigenvalue weighted by atomic mass is 9.93. The van der Waals surface area contributed by atoms with Gasteiger partial charge in [0, 0.05) is 0 Å². The van der Waals surface area contributed by atoms with Crippen LogP contribution in [-0.4, -0.2) is 8.07 Å². The first-order chi connectivity index (χ1) is 24.3. The molecular formula is C48H32Si. The molecule has 0 bridgehead atoms. The van der Waals surface area contributed by atoms with Gasteiger partial charge in [-0.05, 0) is 112 Å². The van der Waals surface area contributed by atoms with E-state index < -0.39 is 8.07 Å². The highest BCUT2D eigenvalue weighted by atomic mass is 28.3. The largest absolute Gasteiger partial charge is 0.183 e. The summed E-state index contributed by atoms with van der Waals surface area (Å²) in [6, 6.07) is 72.5. The van der Waals surface area contributed by atoms with Crippen molar-refractivity contribution in [1.29, 1.82) is 0 Å². The quantitative estimate of drug-likeness (QED) is 0.169. The molecule has 0 unspecified atom stereocenters. The fraction of sp³-hybridized carbons (Fsp3) is 0. The Balaban J connectivity index is 1.41. The minimum atomic E-state index is -2.85. The van der Waals surface area contributed by atoms with E-state index in [2.05, 4.69) is 194 Å². The van der Waals surface area contributed by atoms with Crippen LogP contribution < -0.4 is 20.7 Å². The molecule has 0 aliphatic carbocycles. The van der Waals surface area contributed by atoms with Crippen LogP contribution in [0.15, 0.2) is 194 Å². The van der Waals surface area contributed by atoms with E-state index in [1.807, 2.05) is 0 Å². The Morgan fingerprint density at radius 2 is 0.531 bits per heavy atom. The van der Waals surface area contributed by atoms with Crippen LogP contribution in [0.3, 0.4) is 0 Å². The molecule has 0 N–H and O–H groups in total. The Morgan fingerprint density at radius 1 is 0.224 bits per heavy atom. The van der Waals surface area contributed by atoms with Gasteiger partial charge >= 0.3 is 0 Å². The first kappa shape index (κ1) is 28.0. The molecule has 0 atom stereocenters. The third kappa shape index (κ3) is 4.10. The van der Waals surface area contributed by atoms with Crippen LogP contribution in [-0.2, 0) is 0 Å². The number of benzene rings is 8. The highest BCUT2D eigenvalue weighted by Gasteiger charge is 2.56. The van der Waals surface area contributed by atoms with Crippen molar-refractivity contribution in [2.75, 3.05) is 0 Å². The first-order valence-corrected chi connectivity index (χ1v) is 19.1. The molecule has 1 heteroatoms. The van der Waals surface area contributed by atoms with E-state index in [9.17, 15) is 0 Å². The van der Waals surface area contributed by atoms with E-state index in [0.717, 1.165) is 0 Å². The van der Waals surface area contributed by atoms with Gasteiger partial charge in [0.05, 0.1) is 0 Å². The second kappa shape index (κ2) is 11.0. The summed E-state index contributed by atoms with van der Waals surface area (Å²) in [5.41, 5.74) is 15.7. The van der Waals surface area contributed by atoms with Crippen molar-refractivity contribution < 1.29 is 0 Å². The third-order valence-electron chi connectivity index (χ3n) is 10.7. The maximum Gasteiger partial charge on any atom is 0.183 e. The Kier molecular flexibility index (Phi) is 6.30. The minimum Gasteiger partial charge on any atom is -0.0623 e. The normalized spacial score (nSPS) is 13.1. The minimum absolute atomic E-state index is 1.24. The van der Waals surface area contributed by atoms with Crippen LogP contribution in [0.4, 0.5) is 0 Å². The predicted octanol–water partition coefficient (Wildman–Crippen LogP) is 9.69. The number of rotatable bonds is 4. The molecule has 2 aliphatic heterocycles. The Hall–Kier alpha value is -6.02. The summed E-state index contributed by atoms with van der Waals surface area (Å²) >= 11 is 0. The van der Waals surface area contributed by atoms with Crippen molar-refractivity contribution in [2.24, 2.45) is 0 Å². The van der Waals surface area contributed by atoms with Gasteiger partial charge in [-0.1, -0.05) is 170 Å². The van der Waals surface area contributed by atoms with Gasteiger partial charge in [-0.2, -0.15) is 0 Å². The summed E-state index contributed by atoms with van der Waals surface area (Å²) < 4.78 is 0. The second-order valence-electron chi connectivity index (χ2n) is 13.2. The summed E-state index contributed by atoms with van der Waals surface area (Å²) in [6.45, 7) is 0. The third-order valence-corrected chi connectivity index (χ3v) is 15.7. The van der Waals surface area contributed by atoms with Gasteiger partial charge in [0.15, 0.2) is 8.07 Å². The smallest absolute Gasteiger partial charge is 0.0623 e. The zero-order chi connectivity index (χ0) is 32.4. The van der Waals surface area contributed by atoms with Crippen LogP contribution in [0.2, 0.25) is 0 Å². The van der Waals surface area contributed by atoms with Gasteiger partial charge in [0.2, 0.25) is 0 Å². The molecule has 228 valence electrons. The van der Waals surface area contributed by atoms with Gasteiger partial charge < -0.3 is 0 Å². The maximum atomic E-state index is 2.48. The predicted molar refractivity (Wildman–Crippen MR) is 210 cm³/mol. The van der Waals surface area contributed by atoms with E-state index in [-0.39, 0.29) is 0 Å². The molecule has 0 nitrogen and oxygen atoms in total. The molecule has 2 heterocycles. The molecular weight excluding hydrogens is 605 g/mol. The molecule has 0 radical (unpaired) electrons. The van der Waals surface area contributed by atoms with E-state index >= 15 is 0 Å². The Bertz CT molecular complexity index is 2340. The molecule has 0 saturated heterocycles. The summed E-state index contributed by atoms with van der Waals surface area (Å²) in [6.07, 6.45) is 0. The van der Waals surface area contributed by atoms with Crippen LogP contribution in [0, 0.1) is 0 Å². The van der Waals surface area contributed by atoms with E-state index in [1.54, 1.807) is 0 Å². The van der Waals surface area contributed by atoms with Crippen molar-refractivity contribution in [2.45, 2.75) is 0 Å². The standard InChI is InChI=1S/C48H32Si/c1-5-17-33(18-6-1)37-29-41(35-21-9-3-10-22-35)47-43(31-37)39-25-13-15-27-45(39)49(47)46-28-16-14-26-40(46)44-32-38(34-19-7-2-8-20-34)30-42(48(44)49)36-23-11-4-12-24-36/h1-32H. The fourth-order valence-corrected chi connectivity index (χ4v) is 14.7. The lowest BCUT2D eigenvalue weighted by Gasteiger charge is -2.32. The van der Waals surface area contributed by atoms with Crippen molar-refractivity contribution >= 4 is 28.8 Å². The van der Waals surface area contributed by atoms with Crippen LogP contribution in [0.1, 0.15) is 0 Å². The van der Waals surface area contributed by atoms with Crippen molar-refractivity contribution in [3.8, 4) is 66.8 Å². The molecule has 49 heavy (non-hydrogen) atoms. The van der Waals surface area contributed by atoms with Gasteiger partial charge in [-0.15, -0.1) is 0 Å². The van der Waals surface area contributed by atoms with E-state index in [1.165, 1.54) is 87.5 Å². The van der Waals surface area contributed by atoms with Gasteiger partial charge in [0.25, 0.3) is 0 Å². The average Bonchev–Trinajstić information content (AvgIpc) is 3.66. The maximum absolute atomic E-state index is 2.85. The molecule has 8 aromatic rings. The van der Waals surface area contributed by atoms with Crippen LogP contribution in [0.5, 0.6) is 0 Å². The van der Waals surface area contributed by atoms with E-state index in [4.69, 9.17) is 0 Å². The zero-order valence-corrected chi connectivity index (χ0v) is 28.0. The van der Waals surface area contributed by atoms with Gasteiger partial charge in [-0.25, -0.2) is 0 Å². The van der Waals surface area contributed by atoms with E-state index in [0.29, 0.717) is 0 Å². The summed E-state index contributed by atoms with van der Waals surface area (Å²) in [5, 5.41) is 6.00. The van der Waals surface area contributed by atoms with Gasteiger partial charge in [-0.3, -0.25) is 0 Å². The summed E-state index contributed by atoms with van der Waals surface area (Å²) in [4.78, 5) is 0. The fourth-order valence-electron chi connectivity index (χ4n) is 8.70. The number of hydrogen-bond acceptors (Lipinski definition) is 0. The average molecular weight is 637 g/mol. The summed E-state index contributed by atoms with van der Waals surface area (Å²) in [5.74, 6) is 0. The molecule has 10 rings (SSSR count). The summed E-state index contributed by atoms with van der Waals surface area (Å²) in [7, 11) is -2.85. The molecule has 0 amide bonds. The molecule has 0 fully saturated rings. The molecule has 2 aliphatic rings. The number of hydrogen-bond donors (Lipinski definition) is 0. The SMILES string of the molecule is c1ccc(-c2cc(-c3ccccc3)c3c(c2)-c2ccccc2[Si]32c3ccccc3-c3cc(-c4ccccc4)cc(-c4ccccc4)c32)cc1. The Morgan fingerprint density at radius 3 is 0.918 bits per heavy atom. The topological polar surface area (TPSA) is 0 Å². The van der Waals surface area contributed by atoms with Gasteiger partial charge in [0.1, 0.15) is 0 Å². The monoisotopic (exact) mass is 636 g/mol. The second-order valence-corrected chi connectivity index (χ2v) is 16.8. The molecule has 1 spiro atoms. The molecule has 0 aromatic heterocycles. The first-order valence-electron chi connectivity index (χ1n) is 17.1. The molecule has 8 aromatic carbocycles. The molecule has 0 saturated carbocycles. The van der Waals surface area contributed by atoms with Crippen LogP contribution >= 0.6 is 0 Å². The highest BCUT2D eigenvalue weighted by Crippen LogP contribution is 2.44. The Labute approximate surface area is 288 Å². The van der Waals surface area contributed by atoms with Crippen molar-refractivity contribution in [3.63, 3.8) is 0 Å². The zero-order valence-electron chi connectivity index (χ0n) is 27.0. The van der Waals surface area contributed by atoms with Crippen LogP contribution in [0.25, 0.3) is 66.8 Å². The number of fused-ring (bicyclic) bond motifs is 10. The lowest BCUT2D eigenvalue weighted by Crippen LogP contribution is -2.71. The van der Waals surface area contributed by atoms with Crippen molar-refractivity contribution in [3.05, 3.63) is 194 Å².